The van der Waals surface area contributed by atoms with E-state index in [1.54, 1.807) is 30.2 Å². The Hall–Kier alpha value is -1.51. The molecule has 3 aromatic rings. The van der Waals surface area contributed by atoms with Crippen LogP contribution >= 0.6 is 23.3 Å². The third-order valence-electron chi connectivity index (χ3n) is 3.22. The van der Waals surface area contributed by atoms with E-state index in [0.29, 0.717) is 5.69 Å². The van der Waals surface area contributed by atoms with Gasteiger partial charge in [-0.2, -0.15) is 0 Å². The minimum Gasteiger partial charge on any atom is -0.369 e. The van der Waals surface area contributed by atoms with E-state index in [4.69, 9.17) is 5.84 Å². The summed E-state index contributed by atoms with van der Waals surface area (Å²) in [4.78, 5) is 3.22. The molecular weight excluding hydrogens is 304 g/mol. The van der Waals surface area contributed by atoms with Gasteiger partial charge in [0.05, 0.1) is 21.1 Å². The monoisotopic (exact) mass is 320 g/mol. The summed E-state index contributed by atoms with van der Waals surface area (Å²) < 4.78 is 4.52. The Morgan fingerprint density at radius 3 is 2.90 bits per heavy atom. The molecule has 0 fully saturated rings. The molecule has 2 heterocycles. The lowest BCUT2D eigenvalue weighted by Crippen LogP contribution is -2.44. The number of nitrogens with one attached hydrogen (secondary N) is 3. The molecule has 1 atom stereocenters. The SMILES string of the molecule is CC(O)(NN)c1cc2cccc(NSc3cccs3)c2[nH]1. The van der Waals surface area contributed by atoms with Crippen molar-refractivity contribution >= 4 is 39.9 Å². The van der Waals surface area contributed by atoms with E-state index in [1.165, 1.54) is 4.21 Å². The van der Waals surface area contributed by atoms with Crippen molar-refractivity contribution in [1.29, 1.82) is 0 Å². The van der Waals surface area contributed by atoms with Gasteiger partial charge >= 0.3 is 0 Å². The fourth-order valence-electron chi connectivity index (χ4n) is 2.01. The molecule has 7 heteroatoms. The van der Waals surface area contributed by atoms with Crippen molar-refractivity contribution in [2.75, 3.05) is 4.72 Å². The standard InChI is InChI=1S/C14H16N4OS2/c1-14(19,18-15)11-8-9-4-2-5-10(13(9)16-11)17-21-12-6-3-7-20-12/h2-8,16-19H,15H2,1H3. The minimum atomic E-state index is -1.29. The molecule has 0 aliphatic rings. The van der Waals surface area contributed by atoms with Crippen molar-refractivity contribution in [3.05, 3.63) is 47.5 Å². The van der Waals surface area contributed by atoms with Gasteiger partial charge in [-0.05, 0) is 42.5 Å². The van der Waals surface area contributed by atoms with Gasteiger partial charge in [0.1, 0.15) is 0 Å². The van der Waals surface area contributed by atoms with Gasteiger partial charge in [-0.15, -0.1) is 11.3 Å². The predicted octanol–water partition coefficient (Wildman–Crippen LogP) is 2.98. The lowest BCUT2D eigenvalue weighted by Gasteiger charge is -2.20. The first-order valence-electron chi connectivity index (χ1n) is 6.39. The van der Waals surface area contributed by atoms with Gasteiger partial charge in [-0.1, -0.05) is 18.2 Å². The van der Waals surface area contributed by atoms with Crippen molar-refractivity contribution in [2.45, 2.75) is 16.9 Å². The van der Waals surface area contributed by atoms with Crippen LogP contribution in [0, 0.1) is 0 Å². The Kier molecular flexibility index (Phi) is 3.92. The van der Waals surface area contributed by atoms with Crippen molar-refractivity contribution in [2.24, 2.45) is 5.84 Å². The Labute approximate surface area is 130 Å². The fourth-order valence-corrected chi connectivity index (χ4v) is 3.47. The summed E-state index contributed by atoms with van der Waals surface area (Å²) >= 11 is 3.25. The molecule has 1 aromatic carbocycles. The average molecular weight is 320 g/mol. The Morgan fingerprint density at radius 2 is 2.19 bits per heavy atom. The molecule has 0 saturated carbocycles. The van der Waals surface area contributed by atoms with Crippen LogP contribution in [0.3, 0.4) is 0 Å². The molecule has 0 amide bonds. The summed E-state index contributed by atoms with van der Waals surface area (Å²) in [5.41, 5.74) is 3.62. The first-order chi connectivity index (χ1) is 10.1. The number of aromatic nitrogens is 1. The zero-order valence-corrected chi connectivity index (χ0v) is 13.0. The number of nitrogens with two attached hydrogens (primary N) is 1. The molecule has 110 valence electrons. The van der Waals surface area contributed by atoms with Crippen molar-refractivity contribution in [3.63, 3.8) is 0 Å². The summed E-state index contributed by atoms with van der Waals surface area (Å²) in [6, 6.07) is 11.9. The molecule has 21 heavy (non-hydrogen) atoms. The molecular formula is C14H16N4OS2. The number of thiophene rings is 1. The average Bonchev–Trinajstić information content (AvgIpc) is 3.14. The zero-order valence-electron chi connectivity index (χ0n) is 11.4. The molecule has 6 N–H and O–H groups in total. The highest BCUT2D eigenvalue weighted by atomic mass is 32.2. The topological polar surface area (TPSA) is 86.1 Å². The second kappa shape index (κ2) is 5.70. The third kappa shape index (κ3) is 2.92. The van der Waals surface area contributed by atoms with Gasteiger partial charge in [-0.3, -0.25) is 5.84 Å². The number of hydrazine groups is 1. The third-order valence-corrected chi connectivity index (χ3v) is 5.08. The first-order valence-corrected chi connectivity index (χ1v) is 8.08. The highest BCUT2D eigenvalue weighted by molar-refractivity contribution is 8.02. The van der Waals surface area contributed by atoms with E-state index < -0.39 is 5.72 Å². The largest absolute Gasteiger partial charge is 0.369 e. The molecule has 0 aliphatic carbocycles. The summed E-state index contributed by atoms with van der Waals surface area (Å²) in [5, 5.41) is 13.2. The van der Waals surface area contributed by atoms with Crippen LogP contribution in [0.15, 0.2) is 46.0 Å². The van der Waals surface area contributed by atoms with Crippen LogP contribution in [0.5, 0.6) is 0 Å². The van der Waals surface area contributed by atoms with E-state index in [1.807, 2.05) is 35.7 Å². The van der Waals surface area contributed by atoms with Gasteiger partial charge in [0, 0.05) is 5.39 Å². The number of anilines is 1. The minimum absolute atomic E-state index is 0.621. The van der Waals surface area contributed by atoms with Gasteiger partial charge < -0.3 is 14.8 Å². The molecule has 3 rings (SSSR count). The highest BCUT2D eigenvalue weighted by Crippen LogP contribution is 2.31. The Morgan fingerprint density at radius 1 is 1.33 bits per heavy atom. The van der Waals surface area contributed by atoms with Crippen LogP contribution in [0.25, 0.3) is 10.9 Å². The second-order valence-corrected chi connectivity index (χ2v) is 6.86. The maximum absolute atomic E-state index is 10.2. The lowest BCUT2D eigenvalue weighted by molar-refractivity contribution is 0.0164. The van der Waals surface area contributed by atoms with Crippen molar-refractivity contribution in [1.82, 2.24) is 10.4 Å². The number of aromatic amines is 1. The van der Waals surface area contributed by atoms with E-state index in [9.17, 15) is 5.11 Å². The van der Waals surface area contributed by atoms with Crippen LogP contribution < -0.4 is 16.0 Å². The molecule has 0 saturated heterocycles. The van der Waals surface area contributed by atoms with E-state index in [0.717, 1.165) is 16.6 Å². The lowest BCUT2D eigenvalue weighted by atomic mass is 10.2. The smallest absolute Gasteiger partial charge is 0.166 e. The number of fused-ring (bicyclic) bond motifs is 1. The van der Waals surface area contributed by atoms with E-state index >= 15 is 0 Å². The number of para-hydroxylation sites is 1. The Balaban J connectivity index is 1.92. The molecule has 1 unspecified atom stereocenters. The summed E-state index contributed by atoms with van der Waals surface area (Å²) in [6.07, 6.45) is 0. The molecule has 5 nitrogen and oxygen atoms in total. The van der Waals surface area contributed by atoms with E-state index in [2.05, 4.69) is 21.2 Å². The molecule has 0 radical (unpaired) electrons. The molecule has 0 bridgehead atoms. The quantitative estimate of drug-likeness (QED) is 0.216. The number of rotatable bonds is 5. The first kappa shape index (κ1) is 14.4. The van der Waals surface area contributed by atoms with Crippen LogP contribution in [-0.2, 0) is 5.72 Å². The van der Waals surface area contributed by atoms with Crippen LogP contribution in [0.4, 0.5) is 5.69 Å². The van der Waals surface area contributed by atoms with Crippen LogP contribution in [0.1, 0.15) is 12.6 Å². The summed E-state index contributed by atoms with van der Waals surface area (Å²) in [5.74, 6) is 5.38. The predicted molar refractivity (Wildman–Crippen MR) is 89.0 cm³/mol. The number of hydrogen-bond donors (Lipinski definition) is 5. The normalized spacial score (nSPS) is 14.2. The van der Waals surface area contributed by atoms with Crippen molar-refractivity contribution < 1.29 is 5.11 Å². The molecule has 0 spiro atoms. The fraction of sp³-hybridized carbons (Fsp3) is 0.143. The number of benzene rings is 1. The summed E-state index contributed by atoms with van der Waals surface area (Å²) in [7, 11) is 0. The number of H-pyrrole nitrogens is 1. The van der Waals surface area contributed by atoms with Crippen LogP contribution in [-0.4, -0.2) is 10.1 Å². The zero-order chi connectivity index (χ0) is 14.9. The van der Waals surface area contributed by atoms with Crippen molar-refractivity contribution in [3.8, 4) is 0 Å². The Bertz CT molecular complexity index is 737. The maximum atomic E-state index is 10.2. The van der Waals surface area contributed by atoms with Gasteiger partial charge in [-0.25, -0.2) is 5.43 Å². The molecule has 2 aromatic heterocycles. The number of hydrogen-bond acceptors (Lipinski definition) is 6. The maximum Gasteiger partial charge on any atom is 0.166 e. The van der Waals surface area contributed by atoms with E-state index in [-0.39, 0.29) is 0 Å². The number of aliphatic hydroxyl groups is 1. The highest BCUT2D eigenvalue weighted by Gasteiger charge is 2.23. The van der Waals surface area contributed by atoms with Gasteiger partial charge in [0.2, 0.25) is 0 Å². The van der Waals surface area contributed by atoms with Gasteiger partial charge in [0.15, 0.2) is 5.72 Å². The van der Waals surface area contributed by atoms with Crippen LogP contribution in [0.2, 0.25) is 0 Å². The van der Waals surface area contributed by atoms with Gasteiger partial charge in [0.25, 0.3) is 0 Å². The second-order valence-electron chi connectivity index (χ2n) is 4.81. The summed E-state index contributed by atoms with van der Waals surface area (Å²) in [6.45, 7) is 1.60. The molecule has 0 aliphatic heterocycles.